The highest BCUT2D eigenvalue weighted by Gasteiger charge is 2.26. The third-order valence-corrected chi connectivity index (χ3v) is 5.74. The van der Waals surface area contributed by atoms with E-state index in [1.54, 1.807) is 0 Å². The molecule has 0 spiro atoms. The lowest BCUT2D eigenvalue weighted by atomic mass is 9.98. The van der Waals surface area contributed by atoms with Crippen LogP contribution in [0.15, 0.2) is 57.4 Å². The molecule has 5 nitrogen and oxygen atoms in total. The monoisotopic (exact) mass is 407 g/mol. The van der Waals surface area contributed by atoms with Gasteiger partial charge in [-0.1, -0.05) is 29.8 Å². The van der Waals surface area contributed by atoms with Crippen molar-refractivity contribution >= 4 is 22.7 Å². The summed E-state index contributed by atoms with van der Waals surface area (Å²) in [5, 5.41) is 0.678. The van der Waals surface area contributed by atoms with Gasteiger partial charge in [-0.3, -0.25) is 4.90 Å². The number of hydrogen-bond donors (Lipinski definition) is 0. The second-order valence-corrected chi connectivity index (χ2v) is 8.06. The maximum Gasteiger partial charge on any atom is 0.226 e. The van der Waals surface area contributed by atoms with E-state index in [-0.39, 0.29) is 0 Å². The lowest BCUT2D eigenvalue weighted by molar-refractivity contribution is 0.185. The molecule has 5 rings (SSSR count). The Morgan fingerprint density at radius 1 is 1.10 bits per heavy atom. The predicted octanol–water partition coefficient (Wildman–Crippen LogP) is 5.82. The van der Waals surface area contributed by atoms with Crippen molar-refractivity contribution in [1.82, 2.24) is 14.9 Å². The van der Waals surface area contributed by atoms with Gasteiger partial charge in [-0.25, -0.2) is 9.97 Å². The molecular formula is C23H22ClN3O2. The van der Waals surface area contributed by atoms with Gasteiger partial charge >= 0.3 is 0 Å². The molecule has 29 heavy (non-hydrogen) atoms. The Kier molecular flexibility index (Phi) is 4.86. The van der Waals surface area contributed by atoms with E-state index < -0.39 is 0 Å². The molecule has 6 heteroatoms. The summed E-state index contributed by atoms with van der Waals surface area (Å²) >= 11 is 6.11. The van der Waals surface area contributed by atoms with E-state index in [1.807, 2.05) is 55.5 Å². The molecule has 1 aliphatic heterocycles. The van der Waals surface area contributed by atoms with Crippen molar-refractivity contribution in [3.63, 3.8) is 0 Å². The summed E-state index contributed by atoms with van der Waals surface area (Å²) in [5.74, 6) is 2.61. The van der Waals surface area contributed by atoms with Crippen LogP contribution in [0.2, 0.25) is 5.02 Å². The molecule has 4 aromatic rings. The first-order valence-electron chi connectivity index (χ1n) is 9.96. The fourth-order valence-electron chi connectivity index (χ4n) is 4.00. The minimum Gasteiger partial charge on any atom is -0.441 e. The minimum absolute atomic E-state index is 0.302. The summed E-state index contributed by atoms with van der Waals surface area (Å²) in [6, 6.07) is 15.5. The van der Waals surface area contributed by atoms with E-state index in [2.05, 4.69) is 4.90 Å². The van der Waals surface area contributed by atoms with Crippen molar-refractivity contribution in [2.45, 2.75) is 32.2 Å². The van der Waals surface area contributed by atoms with E-state index in [0.29, 0.717) is 16.8 Å². The molecule has 148 valence electrons. The number of oxazole rings is 2. The van der Waals surface area contributed by atoms with Gasteiger partial charge in [0.2, 0.25) is 5.89 Å². The summed E-state index contributed by atoms with van der Waals surface area (Å²) < 4.78 is 11.9. The average Bonchev–Trinajstić information content (AvgIpc) is 3.32. The van der Waals surface area contributed by atoms with E-state index in [1.165, 1.54) is 0 Å². The highest BCUT2D eigenvalue weighted by atomic mass is 35.5. The van der Waals surface area contributed by atoms with Gasteiger partial charge in [0, 0.05) is 29.6 Å². The fourth-order valence-corrected chi connectivity index (χ4v) is 4.19. The first-order valence-corrected chi connectivity index (χ1v) is 10.3. The number of aromatic nitrogens is 2. The number of likely N-dealkylation sites (tertiary alicyclic amines) is 1. The summed E-state index contributed by atoms with van der Waals surface area (Å²) in [6.07, 6.45) is 2.20. The van der Waals surface area contributed by atoms with Gasteiger partial charge in [0.25, 0.3) is 0 Å². The summed E-state index contributed by atoms with van der Waals surface area (Å²) in [7, 11) is 0. The van der Waals surface area contributed by atoms with Crippen molar-refractivity contribution < 1.29 is 8.83 Å². The number of halogens is 1. The minimum atomic E-state index is 0.302. The lowest BCUT2D eigenvalue weighted by Gasteiger charge is -2.30. The smallest absolute Gasteiger partial charge is 0.226 e. The van der Waals surface area contributed by atoms with Crippen LogP contribution in [0, 0.1) is 6.92 Å². The fraction of sp³-hybridized carbons (Fsp3) is 0.304. The zero-order valence-corrected chi connectivity index (χ0v) is 17.0. The Bertz CT molecular complexity index is 1120. The van der Waals surface area contributed by atoms with Crippen LogP contribution in [-0.2, 0) is 6.54 Å². The largest absolute Gasteiger partial charge is 0.441 e. The zero-order valence-electron chi connectivity index (χ0n) is 16.3. The molecule has 1 saturated heterocycles. The zero-order chi connectivity index (χ0) is 19.8. The topological polar surface area (TPSA) is 55.3 Å². The van der Waals surface area contributed by atoms with Gasteiger partial charge in [-0.15, -0.1) is 0 Å². The van der Waals surface area contributed by atoms with E-state index >= 15 is 0 Å². The molecule has 0 bridgehead atoms. The highest BCUT2D eigenvalue weighted by molar-refractivity contribution is 6.30. The van der Waals surface area contributed by atoms with Crippen LogP contribution >= 0.6 is 11.6 Å². The summed E-state index contributed by atoms with van der Waals surface area (Å²) in [4.78, 5) is 11.9. The van der Waals surface area contributed by atoms with Crippen LogP contribution in [0.5, 0.6) is 0 Å². The maximum atomic E-state index is 6.11. The number of fused-ring (bicyclic) bond motifs is 1. The summed E-state index contributed by atoms with van der Waals surface area (Å²) in [6.45, 7) is 4.67. The van der Waals surface area contributed by atoms with Crippen LogP contribution in [-0.4, -0.2) is 28.0 Å². The number of benzene rings is 2. The third-order valence-electron chi connectivity index (χ3n) is 5.50. The molecule has 0 amide bonds. The number of aryl methyl sites for hydroxylation is 1. The molecular weight excluding hydrogens is 386 g/mol. The van der Waals surface area contributed by atoms with Crippen LogP contribution in [0.1, 0.15) is 36.1 Å². The van der Waals surface area contributed by atoms with Crippen LogP contribution in [0.3, 0.4) is 0 Å². The average molecular weight is 408 g/mol. The normalized spacial score (nSPS) is 17.8. The molecule has 3 heterocycles. The second-order valence-electron chi connectivity index (χ2n) is 7.63. The van der Waals surface area contributed by atoms with Gasteiger partial charge in [0.05, 0.1) is 5.69 Å². The Labute approximate surface area is 174 Å². The highest BCUT2D eigenvalue weighted by Crippen LogP contribution is 2.31. The molecule has 0 aliphatic carbocycles. The van der Waals surface area contributed by atoms with Crippen molar-refractivity contribution in [2.24, 2.45) is 0 Å². The van der Waals surface area contributed by atoms with Crippen molar-refractivity contribution in [3.8, 4) is 11.5 Å². The number of rotatable bonds is 4. The molecule has 2 aromatic carbocycles. The Hall–Kier alpha value is -2.63. The van der Waals surface area contributed by atoms with Crippen LogP contribution < -0.4 is 0 Å². The predicted molar refractivity (Wildman–Crippen MR) is 113 cm³/mol. The molecule has 1 aliphatic rings. The first-order chi connectivity index (χ1) is 14.2. The molecule has 1 atom stereocenters. The number of piperidine rings is 1. The Morgan fingerprint density at radius 3 is 2.86 bits per heavy atom. The van der Waals surface area contributed by atoms with Gasteiger partial charge in [0.1, 0.15) is 11.3 Å². The Morgan fingerprint density at radius 2 is 2.00 bits per heavy atom. The van der Waals surface area contributed by atoms with Gasteiger partial charge in [-0.05, 0) is 56.6 Å². The third kappa shape index (κ3) is 3.80. The first kappa shape index (κ1) is 18.4. The Balaban J connectivity index is 1.33. The van der Waals surface area contributed by atoms with Crippen molar-refractivity contribution in [3.05, 3.63) is 70.9 Å². The van der Waals surface area contributed by atoms with Crippen LogP contribution in [0.4, 0.5) is 0 Å². The molecule has 2 aromatic heterocycles. The number of nitrogens with zero attached hydrogens (tertiary/aromatic N) is 3. The molecule has 1 fully saturated rings. The maximum absolute atomic E-state index is 6.11. The van der Waals surface area contributed by atoms with E-state index in [4.69, 9.17) is 30.4 Å². The molecule has 0 unspecified atom stereocenters. The second kappa shape index (κ2) is 7.65. The van der Waals surface area contributed by atoms with Crippen LogP contribution in [0.25, 0.3) is 22.6 Å². The number of hydrogen-bond acceptors (Lipinski definition) is 5. The standard InChI is InChI=1S/C23H22ClN3O2/c1-15-20(26-22(28-15)16-6-4-8-18(24)12-16)14-27-11-5-7-17(13-27)23-25-19-9-2-3-10-21(19)29-23/h2-4,6,8-10,12,17H,5,7,11,13-14H2,1H3/t17-/m1/s1. The SMILES string of the molecule is Cc1oc(-c2cccc(Cl)c2)nc1CN1CCC[C@@H](c2nc3ccccc3o2)C1. The van der Waals surface area contributed by atoms with Gasteiger partial charge in [0.15, 0.2) is 11.5 Å². The van der Waals surface area contributed by atoms with E-state index in [0.717, 1.165) is 66.5 Å². The lowest BCUT2D eigenvalue weighted by Crippen LogP contribution is -2.34. The summed E-state index contributed by atoms with van der Waals surface area (Å²) in [5.41, 5.74) is 3.66. The van der Waals surface area contributed by atoms with Crippen molar-refractivity contribution in [2.75, 3.05) is 13.1 Å². The molecule has 0 radical (unpaired) electrons. The van der Waals surface area contributed by atoms with Gasteiger partial charge in [-0.2, -0.15) is 0 Å². The van der Waals surface area contributed by atoms with E-state index in [9.17, 15) is 0 Å². The van der Waals surface area contributed by atoms with Gasteiger partial charge < -0.3 is 8.83 Å². The molecule has 0 N–H and O–H groups in total. The number of para-hydroxylation sites is 2. The quantitative estimate of drug-likeness (QED) is 0.426. The molecule has 0 saturated carbocycles. The van der Waals surface area contributed by atoms with Crippen molar-refractivity contribution in [1.29, 1.82) is 0 Å².